The molecular formula is C13H20ClNO. The maximum atomic E-state index is 5.92. The van der Waals surface area contributed by atoms with Gasteiger partial charge in [0.05, 0.1) is 6.61 Å². The Morgan fingerprint density at radius 3 is 2.88 bits per heavy atom. The number of hydrogen-bond donors (Lipinski definition) is 1. The number of rotatable bonds is 6. The minimum absolute atomic E-state index is 0.498. The van der Waals surface area contributed by atoms with Crippen LogP contribution in [0.1, 0.15) is 19.4 Å². The quantitative estimate of drug-likeness (QED) is 0.826. The van der Waals surface area contributed by atoms with Crippen LogP contribution in [0.15, 0.2) is 18.2 Å². The van der Waals surface area contributed by atoms with Crippen molar-refractivity contribution in [3.8, 4) is 5.75 Å². The van der Waals surface area contributed by atoms with Gasteiger partial charge in [-0.3, -0.25) is 0 Å². The Balaban J connectivity index is 2.44. The van der Waals surface area contributed by atoms with Gasteiger partial charge in [0.2, 0.25) is 0 Å². The summed E-state index contributed by atoms with van der Waals surface area (Å²) in [6, 6.07) is 5.73. The van der Waals surface area contributed by atoms with Crippen molar-refractivity contribution in [1.29, 1.82) is 0 Å². The zero-order valence-corrected chi connectivity index (χ0v) is 11.0. The molecule has 1 aromatic carbocycles. The molecule has 2 nitrogen and oxygen atoms in total. The second-order valence-electron chi connectivity index (χ2n) is 4.13. The SMILES string of the molecule is CCNCC(C)COc1cc(Cl)ccc1C. The molecule has 1 N–H and O–H groups in total. The molecule has 0 radical (unpaired) electrons. The number of ether oxygens (including phenoxy) is 1. The number of benzene rings is 1. The summed E-state index contributed by atoms with van der Waals surface area (Å²) in [6.45, 7) is 9.00. The molecule has 0 aromatic heterocycles. The van der Waals surface area contributed by atoms with Crippen LogP contribution < -0.4 is 10.1 Å². The summed E-state index contributed by atoms with van der Waals surface area (Å²) in [7, 11) is 0. The van der Waals surface area contributed by atoms with Gasteiger partial charge in [-0.15, -0.1) is 0 Å². The first-order valence-corrected chi connectivity index (χ1v) is 6.11. The third-order valence-corrected chi connectivity index (χ3v) is 2.65. The molecular weight excluding hydrogens is 222 g/mol. The zero-order chi connectivity index (χ0) is 12.0. The molecule has 0 spiro atoms. The average molecular weight is 242 g/mol. The molecule has 0 aliphatic heterocycles. The Hall–Kier alpha value is -0.730. The molecule has 1 atom stereocenters. The van der Waals surface area contributed by atoms with Crippen molar-refractivity contribution in [3.63, 3.8) is 0 Å². The van der Waals surface area contributed by atoms with Crippen LogP contribution in [-0.2, 0) is 0 Å². The summed E-state index contributed by atoms with van der Waals surface area (Å²) in [5, 5.41) is 4.03. The molecule has 0 saturated carbocycles. The number of halogens is 1. The summed E-state index contributed by atoms with van der Waals surface area (Å²) in [4.78, 5) is 0. The van der Waals surface area contributed by atoms with E-state index in [1.807, 2.05) is 25.1 Å². The maximum Gasteiger partial charge on any atom is 0.123 e. The lowest BCUT2D eigenvalue weighted by molar-refractivity contribution is 0.255. The van der Waals surface area contributed by atoms with E-state index in [1.165, 1.54) is 0 Å². The van der Waals surface area contributed by atoms with Crippen molar-refractivity contribution < 1.29 is 4.74 Å². The number of hydrogen-bond acceptors (Lipinski definition) is 2. The van der Waals surface area contributed by atoms with E-state index >= 15 is 0 Å². The Bertz CT molecular complexity index is 328. The van der Waals surface area contributed by atoms with Crippen molar-refractivity contribution in [2.24, 2.45) is 5.92 Å². The van der Waals surface area contributed by atoms with E-state index in [9.17, 15) is 0 Å². The van der Waals surface area contributed by atoms with E-state index < -0.39 is 0 Å². The third kappa shape index (κ3) is 4.42. The first-order chi connectivity index (χ1) is 7.63. The summed E-state index contributed by atoms with van der Waals surface area (Å²) >= 11 is 5.92. The Morgan fingerprint density at radius 1 is 1.44 bits per heavy atom. The molecule has 16 heavy (non-hydrogen) atoms. The van der Waals surface area contributed by atoms with Gasteiger partial charge in [0.15, 0.2) is 0 Å². The van der Waals surface area contributed by atoms with E-state index in [-0.39, 0.29) is 0 Å². The number of aryl methyl sites for hydroxylation is 1. The molecule has 1 unspecified atom stereocenters. The number of nitrogens with one attached hydrogen (secondary N) is 1. The standard InChI is InChI=1S/C13H20ClNO/c1-4-15-8-10(2)9-16-13-7-12(14)6-5-11(13)3/h5-7,10,15H,4,8-9H2,1-3H3. The maximum absolute atomic E-state index is 5.92. The van der Waals surface area contributed by atoms with Crippen LogP contribution in [0, 0.1) is 12.8 Å². The molecule has 0 heterocycles. The minimum atomic E-state index is 0.498. The van der Waals surface area contributed by atoms with Crippen molar-refractivity contribution in [3.05, 3.63) is 28.8 Å². The molecule has 0 amide bonds. The second-order valence-corrected chi connectivity index (χ2v) is 4.57. The van der Waals surface area contributed by atoms with Gasteiger partial charge in [-0.25, -0.2) is 0 Å². The van der Waals surface area contributed by atoms with Gasteiger partial charge in [0.25, 0.3) is 0 Å². The fourth-order valence-electron chi connectivity index (χ4n) is 1.41. The van der Waals surface area contributed by atoms with E-state index in [4.69, 9.17) is 16.3 Å². The predicted octanol–water partition coefficient (Wildman–Crippen LogP) is 3.27. The Labute approximate surface area is 103 Å². The monoisotopic (exact) mass is 241 g/mol. The van der Waals surface area contributed by atoms with Gasteiger partial charge in [0.1, 0.15) is 5.75 Å². The predicted molar refractivity (Wildman–Crippen MR) is 69.4 cm³/mol. The first-order valence-electron chi connectivity index (χ1n) is 5.73. The highest BCUT2D eigenvalue weighted by Gasteiger charge is 2.05. The highest BCUT2D eigenvalue weighted by molar-refractivity contribution is 6.30. The van der Waals surface area contributed by atoms with Crippen molar-refractivity contribution in [2.75, 3.05) is 19.7 Å². The molecule has 3 heteroatoms. The van der Waals surface area contributed by atoms with Crippen LogP contribution in [0.5, 0.6) is 5.75 Å². The molecule has 1 aromatic rings. The van der Waals surface area contributed by atoms with Gasteiger partial charge in [-0.1, -0.05) is 31.5 Å². The smallest absolute Gasteiger partial charge is 0.123 e. The van der Waals surface area contributed by atoms with Crippen LogP contribution in [0.3, 0.4) is 0 Å². The Kier molecular flexibility index (Phi) is 5.64. The van der Waals surface area contributed by atoms with E-state index in [1.54, 1.807) is 0 Å². The highest BCUT2D eigenvalue weighted by Crippen LogP contribution is 2.22. The second kappa shape index (κ2) is 6.77. The molecule has 1 rings (SSSR count). The highest BCUT2D eigenvalue weighted by atomic mass is 35.5. The van der Waals surface area contributed by atoms with Crippen molar-refractivity contribution in [1.82, 2.24) is 5.32 Å². The van der Waals surface area contributed by atoms with Gasteiger partial charge in [-0.05, 0) is 31.2 Å². The zero-order valence-electron chi connectivity index (χ0n) is 10.2. The lowest BCUT2D eigenvalue weighted by atomic mass is 10.2. The summed E-state index contributed by atoms with van der Waals surface area (Å²) in [5.41, 5.74) is 1.13. The fourth-order valence-corrected chi connectivity index (χ4v) is 1.57. The lowest BCUT2D eigenvalue weighted by Crippen LogP contribution is -2.24. The van der Waals surface area contributed by atoms with Crippen molar-refractivity contribution >= 4 is 11.6 Å². The van der Waals surface area contributed by atoms with Gasteiger partial charge in [-0.2, -0.15) is 0 Å². The van der Waals surface area contributed by atoms with E-state index in [2.05, 4.69) is 19.2 Å². The summed E-state index contributed by atoms with van der Waals surface area (Å²) in [6.07, 6.45) is 0. The van der Waals surface area contributed by atoms with Crippen LogP contribution in [-0.4, -0.2) is 19.7 Å². The molecule has 90 valence electrons. The third-order valence-electron chi connectivity index (χ3n) is 2.42. The van der Waals surface area contributed by atoms with Crippen LogP contribution in [0.4, 0.5) is 0 Å². The van der Waals surface area contributed by atoms with Gasteiger partial charge in [0, 0.05) is 17.5 Å². The van der Waals surface area contributed by atoms with E-state index in [0.29, 0.717) is 12.5 Å². The fraction of sp³-hybridized carbons (Fsp3) is 0.538. The largest absolute Gasteiger partial charge is 0.493 e. The summed E-state index contributed by atoms with van der Waals surface area (Å²) < 4.78 is 5.75. The topological polar surface area (TPSA) is 21.3 Å². The average Bonchev–Trinajstić information content (AvgIpc) is 2.27. The first kappa shape index (κ1) is 13.3. The lowest BCUT2D eigenvalue weighted by Gasteiger charge is -2.14. The molecule has 0 bridgehead atoms. The van der Waals surface area contributed by atoms with Crippen LogP contribution >= 0.6 is 11.6 Å². The molecule has 0 aliphatic rings. The summed E-state index contributed by atoms with van der Waals surface area (Å²) in [5.74, 6) is 1.38. The van der Waals surface area contributed by atoms with Crippen molar-refractivity contribution in [2.45, 2.75) is 20.8 Å². The normalized spacial score (nSPS) is 12.5. The molecule has 0 saturated heterocycles. The van der Waals surface area contributed by atoms with Gasteiger partial charge < -0.3 is 10.1 Å². The molecule has 0 aliphatic carbocycles. The van der Waals surface area contributed by atoms with Crippen LogP contribution in [0.25, 0.3) is 0 Å². The van der Waals surface area contributed by atoms with E-state index in [0.717, 1.165) is 29.4 Å². The Morgan fingerprint density at radius 2 is 2.19 bits per heavy atom. The van der Waals surface area contributed by atoms with Gasteiger partial charge >= 0.3 is 0 Å². The minimum Gasteiger partial charge on any atom is -0.493 e. The molecule has 0 fully saturated rings. The van der Waals surface area contributed by atoms with Crippen LogP contribution in [0.2, 0.25) is 5.02 Å².